The van der Waals surface area contributed by atoms with Gasteiger partial charge in [-0.15, -0.1) is 22.7 Å². The van der Waals surface area contributed by atoms with Crippen LogP contribution in [0.1, 0.15) is 31.8 Å². The summed E-state index contributed by atoms with van der Waals surface area (Å²) < 4.78 is 0. The largest absolute Gasteiger partial charge is 0.506 e. The minimum Gasteiger partial charge on any atom is -0.506 e. The Hall–Kier alpha value is -2.47. The van der Waals surface area contributed by atoms with Crippen molar-refractivity contribution in [1.29, 1.82) is 0 Å². The molecule has 35 heavy (non-hydrogen) atoms. The van der Waals surface area contributed by atoms with E-state index in [9.17, 15) is 14.7 Å². The molecule has 2 amide bonds. The van der Waals surface area contributed by atoms with Gasteiger partial charge in [0, 0.05) is 31.6 Å². The Morgan fingerprint density at radius 2 is 1.71 bits per heavy atom. The zero-order valence-electron chi connectivity index (χ0n) is 19.0. The predicted octanol–water partition coefficient (Wildman–Crippen LogP) is 4.54. The third-order valence-corrected chi connectivity index (χ3v) is 8.32. The fourth-order valence-electron chi connectivity index (χ4n) is 3.40. The van der Waals surface area contributed by atoms with Gasteiger partial charge in [0.05, 0.1) is 36.0 Å². The van der Waals surface area contributed by atoms with Crippen molar-refractivity contribution in [2.75, 3.05) is 33.2 Å². The first-order chi connectivity index (χ1) is 16.7. The topological polar surface area (TPSA) is 97.3 Å². The molecular formula is C23H23Cl2N5O3S2. The van der Waals surface area contributed by atoms with E-state index in [-0.39, 0.29) is 11.7 Å². The van der Waals surface area contributed by atoms with Gasteiger partial charge in [-0.2, -0.15) is 5.10 Å². The lowest BCUT2D eigenvalue weighted by atomic mass is 10.1. The van der Waals surface area contributed by atoms with Crippen LogP contribution in [0, 0.1) is 0 Å². The van der Waals surface area contributed by atoms with Crippen LogP contribution in [0.3, 0.4) is 0 Å². The summed E-state index contributed by atoms with van der Waals surface area (Å²) in [6, 6.07) is 8.33. The minimum atomic E-state index is -0.438. The van der Waals surface area contributed by atoms with Crippen LogP contribution in [0.15, 0.2) is 40.8 Å². The molecule has 3 aromatic rings. The number of nitrogens with one attached hydrogen (secondary N) is 2. The van der Waals surface area contributed by atoms with Gasteiger partial charge in [0.1, 0.15) is 5.75 Å². The number of halogens is 2. The minimum absolute atomic E-state index is 0.0443. The number of nitrogens with zero attached hydrogens (tertiary/aromatic N) is 3. The van der Waals surface area contributed by atoms with E-state index in [1.807, 2.05) is 12.1 Å². The van der Waals surface area contributed by atoms with Crippen molar-refractivity contribution in [1.82, 2.24) is 20.8 Å². The zero-order chi connectivity index (χ0) is 25.1. The molecule has 2 aromatic heterocycles. The molecule has 0 atom stereocenters. The van der Waals surface area contributed by atoms with Gasteiger partial charge >= 0.3 is 0 Å². The fourth-order valence-corrected chi connectivity index (χ4v) is 5.49. The predicted molar refractivity (Wildman–Crippen MR) is 142 cm³/mol. The molecule has 8 nitrogen and oxygen atoms in total. The van der Waals surface area contributed by atoms with E-state index in [0.717, 1.165) is 43.1 Å². The molecule has 3 N–H and O–H groups in total. The van der Waals surface area contributed by atoms with E-state index in [4.69, 9.17) is 23.2 Å². The number of carbonyl (C=O) groups is 2. The summed E-state index contributed by atoms with van der Waals surface area (Å²) in [5.41, 5.74) is 7.04. The number of hydrazone groups is 1. The van der Waals surface area contributed by atoms with E-state index < -0.39 is 5.91 Å². The molecule has 1 aliphatic rings. The molecule has 0 radical (unpaired) electrons. The van der Waals surface area contributed by atoms with Crippen LogP contribution >= 0.6 is 45.9 Å². The zero-order valence-corrected chi connectivity index (χ0v) is 22.1. The average Bonchev–Trinajstić information content (AvgIpc) is 3.48. The maximum atomic E-state index is 12.6. The number of hydrogen-bond acceptors (Lipinski definition) is 8. The van der Waals surface area contributed by atoms with E-state index in [2.05, 4.69) is 20.9 Å². The Morgan fingerprint density at radius 3 is 2.40 bits per heavy atom. The van der Waals surface area contributed by atoms with Crippen molar-refractivity contribution in [2.45, 2.75) is 6.92 Å². The third kappa shape index (κ3) is 6.03. The van der Waals surface area contributed by atoms with Crippen LogP contribution in [0.2, 0.25) is 10.0 Å². The average molecular weight is 553 g/mol. The molecule has 0 bridgehead atoms. The Kier molecular flexibility index (Phi) is 8.10. The smallest absolute Gasteiger partial charge is 0.281 e. The summed E-state index contributed by atoms with van der Waals surface area (Å²) in [4.78, 5) is 28.7. The van der Waals surface area contributed by atoms with Crippen LogP contribution in [0.4, 0.5) is 0 Å². The molecule has 4 rings (SSSR count). The lowest BCUT2D eigenvalue weighted by Gasteiger charge is -2.32. The molecule has 1 fully saturated rings. The van der Waals surface area contributed by atoms with Gasteiger partial charge in [-0.05, 0) is 43.8 Å². The summed E-state index contributed by atoms with van der Waals surface area (Å²) in [6.07, 6.45) is 0. The number of aromatic hydroxyl groups is 1. The molecule has 12 heteroatoms. The highest BCUT2D eigenvalue weighted by Gasteiger charge is 2.20. The number of hydrazine groups is 1. The molecule has 0 aliphatic carbocycles. The van der Waals surface area contributed by atoms with Gasteiger partial charge in [0.2, 0.25) is 0 Å². The van der Waals surface area contributed by atoms with Gasteiger partial charge < -0.3 is 10.0 Å². The van der Waals surface area contributed by atoms with E-state index >= 15 is 0 Å². The molecule has 0 saturated carbocycles. The molecule has 0 spiro atoms. The Balaban J connectivity index is 1.39. The summed E-state index contributed by atoms with van der Waals surface area (Å²) in [5, 5.41) is 19.3. The van der Waals surface area contributed by atoms with Crippen LogP contribution in [0.25, 0.3) is 10.4 Å². The highest BCUT2D eigenvalue weighted by atomic mass is 35.5. The van der Waals surface area contributed by atoms with E-state index in [1.54, 1.807) is 42.6 Å². The van der Waals surface area contributed by atoms with Gasteiger partial charge in [-0.3, -0.25) is 15.0 Å². The van der Waals surface area contributed by atoms with Crippen molar-refractivity contribution in [3.63, 3.8) is 0 Å². The van der Waals surface area contributed by atoms with Crippen LogP contribution in [0.5, 0.6) is 5.75 Å². The van der Waals surface area contributed by atoms with Crippen molar-refractivity contribution in [3.8, 4) is 16.2 Å². The second-order valence-electron chi connectivity index (χ2n) is 7.99. The Labute approximate surface area is 220 Å². The molecular weight excluding hydrogens is 529 g/mol. The molecule has 184 valence electrons. The monoisotopic (exact) mass is 551 g/mol. The maximum absolute atomic E-state index is 12.6. The maximum Gasteiger partial charge on any atom is 0.281 e. The SMILES string of the molecule is CC(=NNC(=O)c1ccc(C(=O)NN2CCN(C)CC2)s1)c1csc(-c2ccc(Cl)c(Cl)c2)c1O. The molecule has 0 unspecified atom stereocenters. The third-order valence-electron chi connectivity index (χ3n) is 5.48. The molecule has 1 aliphatic heterocycles. The second-order valence-corrected chi connectivity index (χ2v) is 10.8. The van der Waals surface area contributed by atoms with E-state index in [0.29, 0.717) is 36.0 Å². The fraction of sp³-hybridized carbons (Fsp3) is 0.261. The summed E-state index contributed by atoms with van der Waals surface area (Å²) in [5.74, 6) is -0.633. The summed E-state index contributed by atoms with van der Waals surface area (Å²) in [6.45, 7) is 4.94. The lowest BCUT2D eigenvalue weighted by molar-refractivity contribution is 0.0666. The van der Waals surface area contributed by atoms with E-state index in [1.165, 1.54) is 11.3 Å². The van der Waals surface area contributed by atoms with Crippen molar-refractivity contribution >= 4 is 63.4 Å². The highest BCUT2D eigenvalue weighted by molar-refractivity contribution is 7.16. The number of rotatable bonds is 6. The first-order valence-electron chi connectivity index (χ1n) is 10.7. The number of benzene rings is 1. The van der Waals surface area contributed by atoms with Crippen LogP contribution < -0.4 is 10.9 Å². The standard InChI is InChI=1S/C23H23Cl2N5O3S2/c1-13(15-12-34-21(20(15)31)14-3-4-16(24)17(25)11-14)26-27-22(32)18-5-6-19(35-18)23(33)28-30-9-7-29(2)8-10-30/h3-6,11-12,31H,7-10H2,1-2H3,(H,27,32)(H,28,33). The lowest BCUT2D eigenvalue weighted by Crippen LogP contribution is -2.52. The van der Waals surface area contributed by atoms with Crippen molar-refractivity contribution in [2.24, 2.45) is 5.10 Å². The van der Waals surface area contributed by atoms with Crippen molar-refractivity contribution < 1.29 is 14.7 Å². The number of hydrogen-bond donors (Lipinski definition) is 3. The summed E-state index contributed by atoms with van der Waals surface area (Å²) >= 11 is 14.5. The Morgan fingerprint density at radius 1 is 1.03 bits per heavy atom. The van der Waals surface area contributed by atoms with Crippen LogP contribution in [-0.4, -0.2) is 65.8 Å². The number of carbonyl (C=O) groups excluding carboxylic acids is 2. The first-order valence-corrected chi connectivity index (χ1v) is 13.1. The Bertz CT molecular complexity index is 1280. The number of thiophene rings is 2. The quantitative estimate of drug-likeness (QED) is 0.308. The van der Waals surface area contributed by atoms with Crippen LogP contribution in [-0.2, 0) is 0 Å². The molecule has 1 saturated heterocycles. The first kappa shape index (κ1) is 25.6. The van der Waals surface area contributed by atoms with Gasteiger partial charge in [-0.1, -0.05) is 29.3 Å². The van der Waals surface area contributed by atoms with Gasteiger partial charge in [-0.25, -0.2) is 10.4 Å². The van der Waals surface area contributed by atoms with Gasteiger partial charge in [0.25, 0.3) is 11.8 Å². The molecule has 3 heterocycles. The highest BCUT2D eigenvalue weighted by Crippen LogP contribution is 2.40. The molecule has 1 aromatic carbocycles. The number of likely N-dealkylation sites (N-methyl/N-ethyl adjacent to an activating group) is 1. The van der Waals surface area contributed by atoms with Crippen molar-refractivity contribution in [3.05, 3.63) is 61.1 Å². The summed E-state index contributed by atoms with van der Waals surface area (Å²) in [7, 11) is 2.04. The van der Waals surface area contributed by atoms with Gasteiger partial charge in [0.15, 0.2) is 0 Å². The number of piperazine rings is 1. The number of amides is 2. The second kappa shape index (κ2) is 11.1. The normalized spacial score (nSPS) is 15.3.